The first-order chi connectivity index (χ1) is 11.6. The Morgan fingerprint density at radius 3 is 1.76 bits per heavy atom. The highest BCUT2D eigenvalue weighted by Gasteiger charge is 2.53. The summed E-state index contributed by atoms with van der Waals surface area (Å²) >= 11 is 0. The molecule has 13 nitrogen and oxygen atoms in total. The van der Waals surface area contributed by atoms with Crippen LogP contribution in [0.2, 0.25) is 0 Å². The van der Waals surface area contributed by atoms with E-state index in [1.165, 1.54) is 0 Å². The summed E-state index contributed by atoms with van der Waals surface area (Å²) in [6, 6.07) is 0. The summed E-state index contributed by atoms with van der Waals surface area (Å²) in [5.41, 5.74) is 0. The summed E-state index contributed by atoms with van der Waals surface area (Å²) in [5, 5.41) is 75.9. The van der Waals surface area contributed by atoms with Crippen LogP contribution in [0.15, 0.2) is 0 Å². The van der Waals surface area contributed by atoms with Gasteiger partial charge in [0, 0.05) is 0 Å². The molecule has 0 unspecified atom stereocenters. The number of aliphatic hydroxyl groups excluding tert-OH is 6. The summed E-state index contributed by atoms with van der Waals surface area (Å²) in [6.07, 6.45) is -19.9. The maximum absolute atomic E-state index is 11.2. The van der Waals surface area contributed by atoms with Gasteiger partial charge in [0.15, 0.2) is 24.8 Å². The first-order valence-electron chi connectivity index (χ1n) is 7.06. The maximum Gasteiger partial charge on any atom is 0.335 e. The van der Waals surface area contributed by atoms with Crippen LogP contribution in [0.1, 0.15) is 0 Å². The van der Waals surface area contributed by atoms with Crippen molar-refractivity contribution in [3.63, 3.8) is 0 Å². The Hall–Kier alpha value is -1.42. The third-order valence-corrected chi connectivity index (χ3v) is 3.91. The van der Waals surface area contributed by atoms with Crippen molar-refractivity contribution in [2.75, 3.05) is 0 Å². The van der Waals surface area contributed by atoms with Gasteiger partial charge < -0.3 is 55.1 Å². The SMILES string of the molecule is O=C(O)[C@@H]1O[C@@H](O[C@H]2[C@@H](O)[C@H](O)[C@H](O)O[C@H]2C(=O)O)[C@@H](O)[C@H](O)[C@@H]1O. The lowest BCUT2D eigenvalue weighted by Crippen LogP contribution is -2.65. The molecule has 10 atom stereocenters. The Morgan fingerprint density at radius 2 is 1.24 bits per heavy atom. The van der Waals surface area contributed by atoms with E-state index in [1.807, 2.05) is 0 Å². The Kier molecular flexibility index (Phi) is 5.93. The zero-order valence-electron chi connectivity index (χ0n) is 12.4. The van der Waals surface area contributed by atoms with Crippen LogP contribution in [0.4, 0.5) is 0 Å². The highest BCUT2D eigenvalue weighted by Crippen LogP contribution is 2.28. The Labute approximate surface area is 139 Å². The quantitative estimate of drug-likeness (QED) is 0.232. The van der Waals surface area contributed by atoms with E-state index in [4.69, 9.17) is 19.7 Å². The van der Waals surface area contributed by atoms with E-state index < -0.39 is 73.4 Å². The number of carbonyl (C=O) groups is 2. The van der Waals surface area contributed by atoms with Gasteiger partial charge in [0.05, 0.1) is 0 Å². The lowest BCUT2D eigenvalue weighted by Gasteiger charge is -2.44. The van der Waals surface area contributed by atoms with Crippen molar-refractivity contribution in [2.45, 2.75) is 61.4 Å². The molecule has 2 aliphatic rings. The van der Waals surface area contributed by atoms with E-state index in [0.29, 0.717) is 0 Å². The summed E-state index contributed by atoms with van der Waals surface area (Å²) in [7, 11) is 0. The molecule has 0 aromatic rings. The highest BCUT2D eigenvalue weighted by molar-refractivity contribution is 5.74. The first-order valence-corrected chi connectivity index (χ1v) is 7.06. The monoisotopic (exact) mass is 370 g/mol. The molecule has 0 aromatic heterocycles. The predicted octanol–water partition coefficient (Wildman–Crippen LogP) is -5.21. The molecule has 2 heterocycles. The summed E-state index contributed by atoms with van der Waals surface area (Å²) < 4.78 is 14.4. The van der Waals surface area contributed by atoms with Crippen LogP contribution < -0.4 is 0 Å². The third kappa shape index (κ3) is 3.74. The number of aliphatic hydroxyl groups is 6. The molecule has 0 aromatic carbocycles. The normalized spacial score (nSPS) is 48.1. The summed E-state index contributed by atoms with van der Waals surface area (Å²) in [5.74, 6) is -3.39. The fourth-order valence-corrected chi connectivity index (χ4v) is 2.52. The molecule has 144 valence electrons. The van der Waals surface area contributed by atoms with Gasteiger partial charge in [-0.1, -0.05) is 0 Å². The molecule has 0 spiro atoms. The van der Waals surface area contributed by atoms with Gasteiger partial charge in [0.25, 0.3) is 0 Å². The molecule has 25 heavy (non-hydrogen) atoms. The molecular formula is C12H18O13. The van der Waals surface area contributed by atoms with Crippen molar-refractivity contribution < 1.29 is 64.7 Å². The van der Waals surface area contributed by atoms with Crippen molar-refractivity contribution in [1.82, 2.24) is 0 Å². The molecule has 0 amide bonds. The number of ether oxygens (including phenoxy) is 3. The largest absolute Gasteiger partial charge is 0.479 e. The number of hydrogen-bond acceptors (Lipinski definition) is 11. The van der Waals surface area contributed by atoms with Crippen molar-refractivity contribution in [1.29, 1.82) is 0 Å². The van der Waals surface area contributed by atoms with Crippen molar-refractivity contribution in [3.05, 3.63) is 0 Å². The Morgan fingerprint density at radius 1 is 0.680 bits per heavy atom. The van der Waals surface area contributed by atoms with Gasteiger partial charge in [-0.05, 0) is 0 Å². The summed E-state index contributed by atoms with van der Waals surface area (Å²) in [6.45, 7) is 0. The molecule has 0 aliphatic carbocycles. The second-order valence-corrected chi connectivity index (χ2v) is 5.60. The van der Waals surface area contributed by atoms with Gasteiger partial charge in [0.2, 0.25) is 0 Å². The fraction of sp³-hybridized carbons (Fsp3) is 0.833. The number of rotatable bonds is 4. The number of carboxylic acid groups (broad SMARTS) is 2. The van der Waals surface area contributed by atoms with E-state index in [9.17, 15) is 40.2 Å². The zero-order chi connectivity index (χ0) is 19.0. The molecular weight excluding hydrogens is 352 g/mol. The second kappa shape index (κ2) is 7.45. The highest BCUT2D eigenvalue weighted by atomic mass is 16.7. The van der Waals surface area contributed by atoms with Gasteiger partial charge in [-0.25, -0.2) is 9.59 Å². The van der Waals surface area contributed by atoms with E-state index in [-0.39, 0.29) is 0 Å². The average molecular weight is 370 g/mol. The van der Waals surface area contributed by atoms with Crippen LogP contribution in [0.25, 0.3) is 0 Å². The van der Waals surface area contributed by atoms with Gasteiger partial charge in [0.1, 0.15) is 36.6 Å². The number of aliphatic carboxylic acids is 2. The minimum Gasteiger partial charge on any atom is -0.479 e. The number of hydrogen-bond donors (Lipinski definition) is 8. The molecule has 2 rings (SSSR count). The van der Waals surface area contributed by atoms with E-state index in [1.54, 1.807) is 0 Å². The molecule has 2 aliphatic heterocycles. The maximum atomic E-state index is 11.2. The minimum atomic E-state index is -2.03. The van der Waals surface area contributed by atoms with Crippen LogP contribution >= 0.6 is 0 Å². The van der Waals surface area contributed by atoms with Gasteiger partial charge in [-0.2, -0.15) is 0 Å². The summed E-state index contributed by atoms with van der Waals surface area (Å²) in [4.78, 5) is 22.2. The van der Waals surface area contributed by atoms with Crippen LogP contribution in [0, 0.1) is 0 Å². The topological polar surface area (TPSA) is 224 Å². The van der Waals surface area contributed by atoms with Crippen LogP contribution in [0.5, 0.6) is 0 Å². The van der Waals surface area contributed by atoms with Gasteiger partial charge in [-0.15, -0.1) is 0 Å². The van der Waals surface area contributed by atoms with Crippen LogP contribution in [0.3, 0.4) is 0 Å². The lowest BCUT2D eigenvalue weighted by molar-refractivity contribution is -0.346. The zero-order valence-corrected chi connectivity index (χ0v) is 12.4. The molecule has 0 radical (unpaired) electrons. The molecule has 0 bridgehead atoms. The molecule has 2 saturated heterocycles. The first kappa shape index (κ1) is 19.9. The Bertz CT molecular complexity index is 511. The smallest absolute Gasteiger partial charge is 0.335 e. The molecule has 0 saturated carbocycles. The van der Waals surface area contributed by atoms with Gasteiger partial charge >= 0.3 is 11.9 Å². The predicted molar refractivity (Wildman–Crippen MR) is 69.7 cm³/mol. The lowest BCUT2D eigenvalue weighted by atomic mass is 9.96. The van der Waals surface area contributed by atoms with E-state index >= 15 is 0 Å². The third-order valence-electron chi connectivity index (χ3n) is 3.91. The molecule has 2 fully saturated rings. The van der Waals surface area contributed by atoms with Crippen LogP contribution in [-0.2, 0) is 23.8 Å². The molecule has 13 heteroatoms. The van der Waals surface area contributed by atoms with Crippen molar-refractivity contribution in [2.24, 2.45) is 0 Å². The van der Waals surface area contributed by atoms with E-state index in [2.05, 4.69) is 4.74 Å². The second-order valence-electron chi connectivity index (χ2n) is 5.60. The fourth-order valence-electron chi connectivity index (χ4n) is 2.52. The van der Waals surface area contributed by atoms with Crippen molar-refractivity contribution >= 4 is 11.9 Å². The van der Waals surface area contributed by atoms with E-state index in [0.717, 1.165) is 0 Å². The van der Waals surface area contributed by atoms with Crippen LogP contribution in [-0.4, -0.2) is 114 Å². The van der Waals surface area contributed by atoms with Gasteiger partial charge in [-0.3, -0.25) is 0 Å². The number of carboxylic acids is 2. The Balaban J connectivity index is 2.22. The average Bonchev–Trinajstić information content (AvgIpc) is 2.54. The van der Waals surface area contributed by atoms with Crippen molar-refractivity contribution in [3.8, 4) is 0 Å². The minimum absolute atomic E-state index is 1.70. The standard InChI is InChI=1S/C12H18O13/c13-1-2(14)7(9(18)19)25-12(5(1)17)24-6-3(15)4(16)11(22)23-8(6)10(20)21/h1-8,11-17,22H,(H,18,19)(H,20,21)/t1-,2+,3+,4+,5+,6+,7-,8-,11-,12-/m1/s1. The molecule has 8 N–H and O–H groups in total.